The van der Waals surface area contributed by atoms with E-state index in [0.29, 0.717) is 11.8 Å². The first-order valence-electron chi connectivity index (χ1n) is 10.4. The Morgan fingerprint density at radius 2 is 1.86 bits per heavy atom. The minimum atomic E-state index is -3.91. The number of hydrogen-bond donors (Lipinski definition) is 1. The molecule has 2 atom stereocenters. The molecule has 0 aliphatic heterocycles. The van der Waals surface area contributed by atoms with Crippen LogP contribution in [0.25, 0.3) is 0 Å². The predicted molar refractivity (Wildman–Crippen MR) is 106 cm³/mol. The second kappa shape index (κ2) is 7.82. The van der Waals surface area contributed by atoms with Crippen molar-refractivity contribution < 1.29 is 27.9 Å². The van der Waals surface area contributed by atoms with Crippen molar-refractivity contribution in [1.29, 1.82) is 0 Å². The molecule has 160 valence electrons. The molecule has 1 aromatic rings. The molecule has 0 saturated heterocycles. The topological polar surface area (TPSA) is 55.8 Å². The fraction of sp³-hybridized carbons (Fsp3) is 0.682. The Morgan fingerprint density at radius 1 is 1.21 bits per heavy atom. The highest BCUT2D eigenvalue weighted by Gasteiger charge is 2.59. The van der Waals surface area contributed by atoms with E-state index < -0.39 is 23.3 Å². The number of ether oxygens (including phenoxy) is 1. The van der Waals surface area contributed by atoms with Gasteiger partial charge >= 0.3 is 11.2 Å². The summed E-state index contributed by atoms with van der Waals surface area (Å²) in [5, 5.41) is 4.32. The summed E-state index contributed by atoms with van der Waals surface area (Å²) in [4.78, 5) is 11.8. The van der Waals surface area contributed by atoms with Gasteiger partial charge in [0.25, 0.3) is 0 Å². The summed E-state index contributed by atoms with van der Waals surface area (Å²) >= 11 is -0.592. The highest BCUT2D eigenvalue weighted by atomic mass is 32.2. The zero-order chi connectivity index (χ0) is 20.7. The number of rotatable bonds is 8. The second-order valence-electron chi connectivity index (χ2n) is 9.44. The van der Waals surface area contributed by atoms with Crippen LogP contribution in [0.4, 0.5) is 8.78 Å². The minimum Gasteiger partial charge on any atom is -0.460 e. The van der Waals surface area contributed by atoms with Gasteiger partial charge in [-0.15, -0.1) is 0 Å². The first-order chi connectivity index (χ1) is 13.8. The smallest absolute Gasteiger partial charge is 0.415 e. The quantitative estimate of drug-likeness (QED) is 0.248. The van der Waals surface area contributed by atoms with Gasteiger partial charge in [-0.05, 0) is 73.3 Å². The number of aryl methyl sites for hydroxylation is 1. The Kier molecular flexibility index (Phi) is 5.68. The van der Waals surface area contributed by atoms with Gasteiger partial charge in [0.2, 0.25) is 0 Å². The Labute approximate surface area is 174 Å². The summed E-state index contributed by atoms with van der Waals surface area (Å²) < 4.78 is 35.7. The standard InChI is InChI=1S/C22H28F2O4S/c1-2-3-15-4-6-18(7-5-15)21-11-16-8-17(12-21)10-20(9-16,13-21)14-27-19(25)22(23,24)29-28-26/h4-7,16-17,26H,2-3,8-14H2,1H3. The van der Waals surface area contributed by atoms with Crippen molar-refractivity contribution in [2.24, 2.45) is 17.3 Å². The van der Waals surface area contributed by atoms with Crippen molar-refractivity contribution in [2.75, 3.05) is 6.61 Å². The van der Waals surface area contributed by atoms with Crippen LogP contribution in [0.5, 0.6) is 0 Å². The van der Waals surface area contributed by atoms with E-state index in [1.54, 1.807) is 0 Å². The third-order valence-electron chi connectivity index (χ3n) is 7.18. The van der Waals surface area contributed by atoms with Gasteiger partial charge < -0.3 is 4.74 Å². The van der Waals surface area contributed by atoms with Gasteiger partial charge in [0.1, 0.15) is 12.0 Å². The van der Waals surface area contributed by atoms with E-state index in [2.05, 4.69) is 35.5 Å². The van der Waals surface area contributed by atoms with Crippen LogP contribution in [0.2, 0.25) is 0 Å². The fourth-order valence-electron chi connectivity index (χ4n) is 6.66. The van der Waals surface area contributed by atoms with Crippen LogP contribution in [0, 0.1) is 17.3 Å². The molecule has 0 aromatic heterocycles. The summed E-state index contributed by atoms with van der Waals surface area (Å²) in [6, 6.07) is 8.94. The van der Waals surface area contributed by atoms with Gasteiger partial charge in [0.05, 0.1) is 6.61 Å². The predicted octanol–water partition coefficient (Wildman–Crippen LogP) is 5.75. The molecule has 4 fully saturated rings. The Bertz CT molecular complexity index is 738. The van der Waals surface area contributed by atoms with Crippen LogP contribution < -0.4 is 0 Å². The molecule has 4 saturated carbocycles. The fourth-order valence-corrected chi connectivity index (χ4v) is 6.88. The van der Waals surface area contributed by atoms with E-state index in [0.717, 1.165) is 44.9 Å². The molecular weight excluding hydrogens is 398 g/mol. The summed E-state index contributed by atoms with van der Waals surface area (Å²) in [5.41, 5.74) is 2.52. The molecule has 1 N–H and O–H groups in total. The summed E-state index contributed by atoms with van der Waals surface area (Å²) in [6.45, 7) is 2.18. The molecule has 1 aromatic carbocycles. The van der Waals surface area contributed by atoms with Gasteiger partial charge in [-0.2, -0.15) is 13.1 Å². The number of carbonyl (C=O) groups excluding carboxylic acids is 1. The van der Waals surface area contributed by atoms with Crippen LogP contribution in [-0.2, 0) is 25.7 Å². The van der Waals surface area contributed by atoms with Crippen LogP contribution >= 0.6 is 12.0 Å². The number of carbonyl (C=O) groups is 1. The first-order valence-corrected chi connectivity index (χ1v) is 11.2. The van der Waals surface area contributed by atoms with E-state index in [-0.39, 0.29) is 17.4 Å². The summed E-state index contributed by atoms with van der Waals surface area (Å²) in [7, 11) is 0. The van der Waals surface area contributed by atoms with Gasteiger partial charge in [-0.25, -0.2) is 10.1 Å². The molecule has 4 aliphatic rings. The maximum absolute atomic E-state index is 13.6. The van der Waals surface area contributed by atoms with E-state index in [9.17, 15) is 13.6 Å². The normalized spacial score (nSPS) is 33.1. The molecule has 4 aliphatic carbocycles. The SMILES string of the molecule is CCCc1ccc(C23CC4CC(CC(COC(=O)C(F)(F)SOO)(C4)C2)C3)cc1. The van der Waals surface area contributed by atoms with Crippen molar-refractivity contribution in [2.45, 2.75) is 69.0 Å². The summed E-state index contributed by atoms with van der Waals surface area (Å²) in [6.07, 6.45) is 8.39. The van der Waals surface area contributed by atoms with E-state index >= 15 is 0 Å². The molecule has 4 nitrogen and oxygen atoms in total. The Hall–Kier alpha value is -1.18. The lowest BCUT2D eigenvalue weighted by molar-refractivity contribution is -0.175. The zero-order valence-corrected chi connectivity index (χ0v) is 17.5. The first kappa shape index (κ1) is 21.1. The lowest BCUT2D eigenvalue weighted by Gasteiger charge is -2.62. The molecule has 0 radical (unpaired) electrons. The average Bonchev–Trinajstić information content (AvgIpc) is 2.66. The second-order valence-corrected chi connectivity index (χ2v) is 10.3. The van der Waals surface area contributed by atoms with Crippen LogP contribution in [0.3, 0.4) is 0 Å². The summed E-state index contributed by atoms with van der Waals surface area (Å²) in [5.74, 6) is -0.535. The maximum atomic E-state index is 13.6. The van der Waals surface area contributed by atoms with Crippen molar-refractivity contribution in [3.05, 3.63) is 35.4 Å². The van der Waals surface area contributed by atoms with Crippen LogP contribution in [0.15, 0.2) is 24.3 Å². The highest BCUT2D eigenvalue weighted by molar-refractivity contribution is 7.96. The molecule has 29 heavy (non-hydrogen) atoms. The molecule has 2 unspecified atom stereocenters. The Balaban J connectivity index is 1.52. The van der Waals surface area contributed by atoms with E-state index in [1.165, 1.54) is 17.5 Å². The largest absolute Gasteiger partial charge is 0.460 e. The average molecular weight is 427 g/mol. The van der Waals surface area contributed by atoms with Gasteiger partial charge in [-0.1, -0.05) is 37.6 Å². The van der Waals surface area contributed by atoms with Crippen LogP contribution in [-0.4, -0.2) is 23.1 Å². The monoisotopic (exact) mass is 426 g/mol. The number of halogens is 2. The molecule has 4 bridgehead atoms. The van der Waals surface area contributed by atoms with Gasteiger partial charge in [0.15, 0.2) is 0 Å². The van der Waals surface area contributed by atoms with Gasteiger partial charge in [-0.3, -0.25) is 0 Å². The molecular formula is C22H28F2O4S. The van der Waals surface area contributed by atoms with Crippen molar-refractivity contribution >= 4 is 18.0 Å². The molecule has 0 amide bonds. The zero-order valence-electron chi connectivity index (χ0n) is 16.7. The number of alkyl halides is 2. The minimum absolute atomic E-state index is 0.0100. The Morgan fingerprint density at radius 3 is 2.45 bits per heavy atom. The molecule has 5 rings (SSSR count). The van der Waals surface area contributed by atoms with E-state index in [1.807, 2.05) is 0 Å². The van der Waals surface area contributed by atoms with E-state index in [4.69, 9.17) is 9.99 Å². The van der Waals surface area contributed by atoms with Crippen molar-refractivity contribution in [3.63, 3.8) is 0 Å². The maximum Gasteiger partial charge on any atom is 0.415 e. The third-order valence-corrected chi connectivity index (χ3v) is 7.63. The van der Waals surface area contributed by atoms with Crippen molar-refractivity contribution in [1.82, 2.24) is 0 Å². The third kappa shape index (κ3) is 4.06. The lowest BCUT2D eigenvalue weighted by atomic mass is 9.43. The molecule has 0 heterocycles. The number of hydrogen-bond acceptors (Lipinski definition) is 5. The lowest BCUT2D eigenvalue weighted by Crippen LogP contribution is -2.55. The number of benzene rings is 1. The molecule has 0 spiro atoms. The number of esters is 1. The highest BCUT2D eigenvalue weighted by Crippen LogP contribution is 2.65. The van der Waals surface area contributed by atoms with Gasteiger partial charge in [0, 0.05) is 5.41 Å². The van der Waals surface area contributed by atoms with Crippen molar-refractivity contribution in [3.8, 4) is 0 Å². The molecule has 7 heteroatoms. The van der Waals surface area contributed by atoms with Crippen LogP contribution in [0.1, 0.15) is 63.0 Å².